The van der Waals surface area contributed by atoms with Crippen LogP contribution in [0.15, 0.2) is 0 Å². The molecule has 1 heterocycles. The molecule has 2 fully saturated rings. The first-order valence-corrected chi connectivity index (χ1v) is 5.65. The van der Waals surface area contributed by atoms with E-state index in [1.807, 2.05) is 0 Å². The average molecular weight is 183 g/mol. The van der Waals surface area contributed by atoms with Gasteiger partial charge in [-0.05, 0) is 38.1 Å². The molecule has 13 heavy (non-hydrogen) atoms. The topological polar surface area (TPSA) is 21.3 Å². The van der Waals surface area contributed by atoms with Crippen LogP contribution >= 0.6 is 0 Å². The van der Waals surface area contributed by atoms with Crippen LogP contribution in [0.3, 0.4) is 0 Å². The fraction of sp³-hybridized carbons (Fsp3) is 1.00. The first kappa shape index (κ1) is 9.47. The smallest absolute Gasteiger partial charge is 0.0509 e. The molecule has 1 saturated carbocycles. The van der Waals surface area contributed by atoms with Gasteiger partial charge in [0.1, 0.15) is 0 Å². The summed E-state index contributed by atoms with van der Waals surface area (Å²) in [5.41, 5.74) is 0. The van der Waals surface area contributed by atoms with Gasteiger partial charge in [0.15, 0.2) is 0 Å². The average Bonchev–Trinajstić information content (AvgIpc) is 2.81. The summed E-state index contributed by atoms with van der Waals surface area (Å²) in [5.74, 6) is 1.85. The zero-order chi connectivity index (χ0) is 9.10. The van der Waals surface area contributed by atoms with Gasteiger partial charge in [-0.3, -0.25) is 0 Å². The third-order valence-corrected chi connectivity index (χ3v) is 3.49. The molecule has 0 aromatic rings. The van der Waals surface area contributed by atoms with E-state index in [4.69, 9.17) is 4.74 Å². The molecule has 2 aliphatic rings. The second-order valence-corrected chi connectivity index (χ2v) is 4.54. The van der Waals surface area contributed by atoms with Gasteiger partial charge in [-0.2, -0.15) is 0 Å². The van der Waals surface area contributed by atoms with E-state index in [2.05, 4.69) is 12.4 Å². The van der Waals surface area contributed by atoms with E-state index in [9.17, 15) is 0 Å². The molecule has 2 heteroatoms. The molecule has 2 nitrogen and oxygen atoms in total. The molecule has 1 saturated heterocycles. The molecular formula is C11H21NO. The Balaban J connectivity index is 1.70. The summed E-state index contributed by atoms with van der Waals surface area (Å²) < 4.78 is 5.42. The Morgan fingerprint density at radius 2 is 2.23 bits per heavy atom. The summed E-state index contributed by atoms with van der Waals surface area (Å²) in [6, 6.07) is 0.711. The number of ether oxygens (including phenoxy) is 1. The van der Waals surface area contributed by atoms with Gasteiger partial charge < -0.3 is 10.1 Å². The summed E-state index contributed by atoms with van der Waals surface area (Å²) in [4.78, 5) is 0. The summed E-state index contributed by atoms with van der Waals surface area (Å²) >= 11 is 0. The van der Waals surface area contributed by atoms with Crippen molar-refractivity contribution in [3.05, 3.63) is 0 Å². The van der Waals surface area contributed by atoms with Crippen molar-refractivity contribution in [3.63, 3.8) is 0 Å². The van der Waals surface area contributed by atoms with Crippen LogP contribution in [-0.4, -0.2) is 26.3 Å². The van der Waals surface area contributed by atoms with Gasteiger partial charge in [0.05, 0.1) is 6.61 Å². The molecule has 0 aromatic heterocycles. The van der Waals surface area contributed by atoms with Crippen molar-refractivity contribution in [1.82, 2.24) is 5.32 Å². The largest absolute Gasteiger partial charge is 0.381 e. The first-order valence-electron chi connectivity index (χ1n) is 5.65. The lowest BCUT2D eigenvalue weighted by atomic mass is 9.94. The van der Waals surface area contributed by atoms with Gasteiger partial charge in [-0.15, -0.1) is 0 Å². The van der Waals surface area contributed by atoms with Crippen LogP contribution in [0.25, 0.3) is 0 Å². The Hall–Kier alpha value is -0.0800. The highest BCUT2D eigenvalue weighted by molar-refractivity contribution is 4.81. The number of rotatable bonds is 5. The van der Waals surface area contributed by atoms with Crippen LogP contribution in [0, 0.1) is 11.8 Å². The van der Waals surface area contributed by atoms with E-state index in [1.54, 1.807) is 0 Å². The third-order valence-electron chi connectivity index (χ3n) is 3.49. The van der Waals surface area contributed by atoms with Crippen LogP contribution in [-0.2, 0) is 4.74 Å². The quantitative estimate of drug-likeness (QED) is 0.702. The highest BCUT2D eigenvalue weighted by Gasteiger charge is 2.27. The lowest BCUT2D eigenvalue weighted by Crippen LogP contribution is -2.33. The first-order chi connectivity index (χ1) is 6.40. The summed E-state index contributed by atoms with van der Waals surface area (Å²) in [6.07, 6.45) is 7.02. The molecule has 1 aliphatic heterocycles. The minimum absolute atomic E-state index is 0.711. The van der Waals surface area contributed by atoms with E-state index < -0.39 is 0 Å². The predicted molar refractivity (Wildman–Crippen MR) is 53.7 cm³/mol. The summed E-state index contributed by atoms with van der Waals surface area (Å²) in [5, 5.41) is 3.45. The van der Waals surface area contributed by atoms with E-state index in [0.29, 0.717) is 6.04 Å². The minimum atomic E-state index is 0.711. The Kier molecular flexibility index (Phi) is 3.23. The molecule has 2 rings (SSSR count). The van der Waals surface area contributed by atoms with E-state index in [0.717, 1.165) is 25.0 Å². The molecule has 0 spiro atoms. The zero-order valence-corrected chi connectivity index (χ0v) is 8.59. The van der Waals surface area contributed by atoms with Crippen molar-refractivity contribution in [2.75, 3.05) is 20.3 Å². The molecule has 1 aliphatic carbocycles. The van der Waals surface area contributed by atoms with Gasteiger partial charge in [0, 0.05) is 12.6 Å². The maximum Gasteiger partial charge on any atom is 0.0509 e. The monoisotopic (exact) mass is 183 g/mol. The molecule has 76 valence electrons. The molecule has 0 amide bonds. The van der Waals surface area contributed by atoms with E-state index in [-0.39, 0.29) is 0 Å². The van der Waals surface area contributed by atoms with Gasteiger partial charge in [-0.1, -0.05) is 12.8 Å². The van der Waals surface area contributed by atoms with Crippen molar-refractivity contribution in [1.29, 1.82) is 0 Å². The number of hydrogen-bond donors (Lipinski definition) is 1. The van der Waals surface area contributed by atoms with Crippen molar-refractivity contribution < 1.29 is 4.74 Å². The van der Waals surface area contributed by atoms with Crippen LogP contribution < -0.4 is 5.32 Å². The number of hydrogen-bond acceptors (Lipinski definition) is 2. The maximum atomic E-state index is 5.42. The molecular weight excluding hydrogens is 162 g/mol. The van der Waals surface area contributed by atoms with Crippen molar-refractivity contribution in [2.24, 2.45) is 11.8 Å². The predicted octanol–water partition coefficient (Wildman–Crippen LogP) is 1.80. The fourth-order valence-electron chi connectivity index (χ4n) is 2.31. The molecule has 2 atom stereocenters. The Bertz CT molecular complexity index is 150. The number of nitrogens with one attached hydrogen (secondary N) is 1. The summed E-state index contributed by atoms with van der Waals surface area (Å²) in [6.45, 7) is 1.96. The highest BCUT2D eigenvalue weighted by Crippen LogP contribution is 2.35. The second-order valence-electron chi connectivity index (χ2n) is 4.54. The Morgan fingerprint density at radius 3 is 2.77 bits per heavy atom. The lowest BCUT2D eigenvalue weighted by Gasteiger charge is -2.21. The zero-order valence-electron chi connectivity index (χ0n) is 8.59. The molecule has 0 aromatic carbocycles. The molecule has 2 unspecified atom stereocenters. The van der Waals surface area contributed by atoms with E-state index in [1.165, 1.54) is 32.1 Å². The Labute approximate surface area is 81.0 Å². The van der Waals surface area contributed by atoms with Crippen LogP contribution in [0.2, 0.25) is 0 Å². The van der Waals surface area contributed by atoms with Gasteiger partial charge in [0.2, 0.25) is 0 Å². The fourth-order valence-corrected chi connectivity index (χ4v) is 2.31. The van der Waals surface area contributed by atoms with Crippen LogP contribution in [0.5, 0.6) is 0 Å². The van der Waals surface area contributed by atoms with Crippen LogP contribution in [0.1, 0.15) is 32.1 Å². The van der Waals surface area contributed by atoms with Gasteiger partial charge >= 0.3 is 0 Å². The van der Waals surface area contributed by atoms with Crippen molar-refractivity contribution >= 4 is 0 Å². The Morgan fingerprint density at radius 1 is 1.38 bits per heavy atom. The van der Waals surface area contributed by atoms with Gasteiger partial charge in [-0.25, -0.2) is 0 Å². The van der Waals surface area contributed by atoms with Crippen molar-refractivity contribution in [2.45, 2.75) is 38.1 Å². The van der Waals surface area contributed by atoms with Gasteiger partial charge in [0.25, 0.3) is 0 Å². The normalized spacial score (nSPS) is 30.7. The highest BCUT2D eigenvalue weighted by atomic mass is 16.5. The molecule has 0 radical (unpaired) electrons. The maximum absolute atomic E-state index is 5.42. The van der Waals surface area contributed by atoms with E-state index >= 15 is 0 Å². The summed E-state index contributed by atoms with van der Waals surface area (Å²) in [7, 11) is 2.09. The third kappa shape index (κ3) is 2.68. The molecule has 1 N–H and O–H groups in total. The minimum Gasteiger partial charge on any atom is -0.381 e. The van der Waals surface area contributed by atoms with Crippen molar-refractivity contribution in [3.8, 4) is 0 Å². The van der Waals surface area contributed by atoms with Crippen LogP contribution in [0.4, 0.5) is 0 Å². The second kappa shape index (κ2) is 4.43. The molecule has 0 bridgehead atoms. The lowest BCUT2D eigenvalue weighted by molar-refractivity contribution is 0.175. The standard InChI is InChI=1S/C11H21NO/c1-12-11(5-4-9-2-3-9)10-6-7-13-8-10/h9-12H,2-8H2,1H3. The SMILES string of the molecule is CNC(CCC1CC1)C1CCOC1.